The maximum atomic E-state index is 13.0. The number of hydrogen-bond acceptors (Lipinski definition) is 6. The molecular weight excluding hydrogens is 343 g/mol. The zero-order chi connectivity index (χ0) is 18.7. The molecule has 2 aromatic heterocycles. The van der Waals surface area contributed by atoms with Crippen LogP contribution in [0.2, 0.25) is 0 Å². The van der Waals surface area contributed by atoms with Crippen molar-refractivity contribution in [2.24, 2.45) is 0 Å². The van der Waals surface area contributed by atoms with Gasteiger partial charge in [0.25, 0.3) is 0 Å². The summed E-state index contributed by atoms with van der Waals surface area (Å²) in [5.74, 6) is -1.19. The highest BCUT2D eigenvalue weighted by molar-refractivity contribution is 5.91. The Morgan fingerprint density at radius 1 is 1.35 bits per heavy atom. The molecule has 0 aliphatic carbocycles. The molecule has 1 aromatic carbocycles. The molecule has 0 bridgehead atoms. The molecule has 9 heteroatoms. The van der Waals surface area contributed by atoms with Gasteiger partial charge >= 0.3 is 11.7 Å². The second-order valence-corrected chi connectivity index (χ2v) is 5.64. The third kappa shape index (κ3) is 3.56. The van der Waals surface area contributed by atoms with Gasteiger partial charge < -0.3 is 4.74 Å². The van der Waals surface area contributed by atoms with Crippen LogP contribution in [0.4, 0.5) is 4.39 Å². The zero-order valence-corrected chi connectivity index (χ0v) is 14.3. The molecule has 0 aliphatic rings. The van der Waals surface area contributed by atoms with Crippen LogP contribution in [0.3, 0.4) is 0 Å². The number of nitrogens with zero attached hydrogens (tertiary/aromatic N) is 3. The average molecular weight is 360 g/mol. The first-order chi connectivity index (χ1) is 12.5. The van der Waals surface area contributed by atoms with Crippen LogP contribution in [0.15, 0.2) is 33.6 Å². The summed E-state index contributed by atoms with van der Waals surface area (Å²) in [5, 5.41) is 10.6. The summed E-state index contributed by atoms with van der Waals surface area (Å²) < 4.78 is 24.1. The van der Waals surface area contributed by atoms with Gasteiger partial charge in [0.1, 0.15) is 11.4 Å². The van der Waals surface area contributed by atoms with Crippen molar-refractivity contribution in [3.63, 3.8) is 0 Å². The van der Waals surface area contributed by atoms with Crippen LogP contribution >= 0.6 is 0 Å². The Balaban J connectivity index is 1.90. The van der Waals surface area contributed by atoms with Gasteiger partial charge in [0.15, 0.2) is 5.82 Å². The van der Waals surface area contributed by atoms with E-state index in [1.165, 1.54) is 16.7 Å². The molecular formula is C17H17FN4O4. The summed E-state index contributed by atoms with van der Waals surface area (Å²) in [6, 6.07) is 5.85. The van der Waals surface area contributed by atoms with Crippen molar-refractivity contribution in [3.05, 3.63) is 69.0 Å². The van der Waals surface area contributed by atoms with Crippen LogP contribution in [0.25, 0.3) is 0 Å². The van der Waals surface area contributed by atoms with Crippen molar-refractivity contribution in [2.75, 3.05) is 6.61 Å². The molecule has 0 radical (unpaired) electrons. The van der Waals surface area contributed by atoms with Crippen LogP contribution < -0.4 is 5.76 Å². The number of ether oxygens (including phenoxy) is 1. The van der Waals surface area contributed by atoms with E-state index in [0.717, 1.165) is 5.56 Å². The molecule has 2 heterocycles. The number of nitrogens with one attached hydrogen (secondary N) is 1. The summed E-state index contributed by atoms with van der Waals surface area (Å²) in [7, 11) is 0. The van der Waals surface area contributed by atoms with Crippen molar-refractivity contribution in [1.82, 2.24) is 19.9 Å². The molecule has 26 heavy (non-hydrogen) atoms. The smallest absolute Gasteiger partial charge is 0.441 e. The normalized spacial score (nSPS) is 10.9. The van der Waals surface area contributed by atoms with Gasteiger partial charge in [-0.25, -0.2) is 14.0 Å². The van der Waals surface area contributed by atoms with Crippen LogP contribution in [0, 0.1) is 12.7 Å². The minimum atomic E-state index is -0.669. The Labute approximate surface area is 147 Å². The van der Waals surface area contributed by atoms with E-state index in [9.17, 15) is 14.0 Å². The van der Waals surface area contributed by atoms with Gasteiger partial charge in [-0.15, -0.1) is 0 Å². The largest absolute Gasteiger partial charge is 0.462 e. The van der Waals surface area contributed by atoms with Crippen molar-refractivity contribution in [3.8, 4) is 0 Å². The number of carbonyl (C=O) groups is 1. The minimum Gasteiger partial charge on any atom is -0.462 e. The Kier molecular flexibility index (Phi) is 4.97. The van der Waals surface area contributed by atoms with E-state index in [1.807, 2.05) is 0 Å². The molecule has 0 unspecified atom stereocenters. The van der Waals surface area contributed by atoms with Gasteiger partial charge in [-0.05, 0) is 31.5 Å². The molecule has 1 N–H and O–H groups in total. The lowest BCUT2D eigenvalue weighted by molar-refractivity contribution is 0.0524. The third-order valence-corrected chi connectivity index (χ3v) is 3.85. The zero-order valence-electron chi connectivity index (χ0n) is 14.3. The number of hydrogen-bond donors (Lipinski definition) is 1. The monoisotopic (exact) mass is 360 g/mol. The first-order valence-corrected chi connectivity index (χ1v) is 8.00. The number of esters is 1. The standard InChI is InChI=1S/C17H17FN4O4/c1-3-25-16(23)15-10(2)19-20-13(15)9-22-14(21-26-17(22)24)8-11-4-6-12(18)7-5-11/h4-7H,3,8-9H2,1-2H3,(H,19,20). The molecule has 0 fully saturated rings. The average Bonchev–Trinajstić information content (AvgIpc) is 3.14. The SMILES string of the molecule is CCOC(=O)c1c(Cn2c(Cc3ccc(F)cc3)noc2=O)n[nH]c1C. The number of aryl methyl sites for hydroxylation is 1. The van der Waals surface area contributed by atoms with E-state index in [1.54, 1.807) is 26.0 Å². The van der Waals surface area contributed by atoms with E-state index in [4.69, 9.17) is 9.26 Å². The summed E-state index contributed by atoms with van der Waals surface area (Å²) >= 11 is 0. The van der Waals surface area contributed by atoms with E-state index in [-0.39, 0.29) is 31.0 Å². The van der Waals surface area contributed by atoms with Crippen LogP contribution in [0.5, 0.6) is 0 Å². The molecule has 0 atom stereocenters. The topological polar surface area (TPSA) is 103 Å². The van der Waals surface area contributed by atoms with Crippen molar-refractivity contribution >= 4 is 5.97 Å². The van der Waals surface area contributed by atoms with Crippen molar-refractivity contribution in [1.29, 1.82) is 0 Å². The Morgan fingerprint density at radius 2 is 2.08 bits per heavy atom. The highest BCUT2D eigenvalue weighted by Gasteiger charge is 2.22. The molecule has 0 saturated heterocycles. The molecule has 3 aromatic rings. The van der Waals surface area contributed by atoms with Crippen molar-refractivity contribution in [2.45, 2.75) is 26.8 Å². The number of carbonyl (C=O) groups excluding carboxylic acids is 1. The summed E-state index contributed by atoms with van der Waals surface area (Å²) in [5.41, 5.74) is 1.94. The highest BCUT2D eigenvalue weighted by atomic mass is 19.1. The number of rotatable bonds is 6. The number of aromatic amines is 1. The molecule has 0 amide bonds. The first-order valence-electron chi connectivity index (χ1n) is 8.00. The Hall–Kier alpha value is -3.23. The maximum absolute atomic E-state index is 13.0. The second kappa shape index (κ2) is 7.34. The van der Waals surface area contributed by atoms with E-state index < -0.39 is 11.7 Å². The summed E-state index contributed by atoms with van der Waals surface area (Å²) in [6.07, 6.45) is 0.268. The highest BCUT2D eigenvalue weighted by Crippen LogP contribution is 2.15. The van der Waals surface area contributed by atoms with Crippen molar-refractivity contribution < 1.29 is 18.4 Å². The fraction of sp³-hybridized carbons (Fsp3) is 0.294. The van der Waals surface area contributed by atoms with E-state index >= 15 is 0 Å². The minimum absolute atomic E-state index is 0.00263. The lowest BCUT2D eigenvalue weighted by atomic mass is 10.1. The van der Waals surface area contributed by atoms with Crippen LogP contribution in [-0.2, 0) is 17.7 Å². The quantitative estimate of drug-likeness (QED) is 0.673. The van der Waals surface area contributed by atoms with Gasteiger partial charge in [0.2, 0.25) is 0 Å². The maximum Gasteiger partial charge on any atom is 0.441 e. The molecule has 0 aliphatic heterocycles. The number of halogens is 1. The van der Waals surface area contributed by atoms with Gasteiger partial charge in [-0.3, -0.25) is 14.2 Å². The van der Waals surface area contributed by atoms with E-state index in [0.29, 0.717) is 17.2 Å². The number of aromatic nitrogens is 4. The number of benzene rings is 1. The lowest BCUT2D eigenvalue weighted by Crippen LogP contribution is -2.20. The molecule has 3 rings (SSSR count). The Bertz CT molecular complexity index is 972. The molecule has 136 valence electrons. The van der Waals surface area contributed by atoms with E-state index in [2.05, 4.69) is 15.4 Å². The first kappa shape index (κ1) is 17.6. The summed E-state index contributed by atoms with van der Waals surface area (Å²) in [6.45, 7) is 3.63. The third-order valence-electron chi connectivity index (χ3n) is 3.85. The molecule has 0 spiro atoms. The second-order valence-electron chi connectivity index (χ2n) is 5.64. The summed E-state index contributed by atoms with van der Waals surface area (Å²) in [4.78, 5) is 24.1. The fourth-order valence-corrected chi connectivity index (χ4v) is 2.58. The van der Waals surface area contributed by atoms with Gasteiger partial charge in [-0.1, -0.05) is 17.3 Å². The van der Waals surface area contributed by atoms with Gasteiger partial charge in [0.05, 0.1) is 18.8 Å². The molecule has 8 nitrogen and oxygen atoms in total. The van der Waals surface area contributed by atoms with Crippen LogP contribution in [-0.4, -0.2) is 32.5 Å². The predicted molar refractivity (Wildman–Crippen MR) is 88.4 cm³/mol. The number of H-pyrrole nitrogens is 1. The lowest BCUT2D eigenvalue weighted by Gasteiger charge is -2.06. The Morgan fingerprint density at radius 3 is 2.77 bits per heavy atom. The fourth-order valence-electron chi connectivity index (χ4n) is 2.58. The van der Waals surface area contributed by atoms with Gasteiger partial charge in [-0.2, -0.15) is 5.10 Å². The molecule has 0 saturated carbocycles. The van der Waals surface area contributed by atoms with Gasteiger partial charge in [0, 0.05) is 12.1 Å². The van der Waals surface area contributed by atoms with Crippen LogP contribution in [0.1, 0.15) is 40.1 Å². The predicted octanol–water partition coefficient (Wildman–Crippen LogP) is 1.82.